The molecule has 0 spiro atoms. The van der Waals surface area contributed by atoms with Crippen molar-refractivity contribution >= 4 is 0 Å². The van der Waals surface area contributed by atoms with Crippen LogP contribution in [0.2, 0.25) is 0 Å². The summed E-state index contributed by atoms with van der Waals surface area (Å²) in [6, 6.07) is 16.1. The summed E-state index contributed by atoms with van der Waals surface area (Å²) in [7, 11) is 0. The van der Waals surface area contributed by atoms with Crippen molar-refractivity contribution in [3.8, 4) is 5.75 Å². The molecule has 124 valence electrons. The number of phenols is 1. The van der Waals surface area contributed by atoms with Gasteiger partial charge in [0.05, 0.1) is 6.33 Å². The Labute approximate surface area is 141 Å². The molecule has 24 heavy (non-hydrogen) atoms. The number of aromatic amines is 1. The Morgan fingerprint density at radius 3 is 2.50 bits per heavy atom. The molecule has 0 aliphatic rings. The van der Waals surface area contributed by atoms with E-state index >= 15 is 0 Å². The summed E-state index contributed by atoms with van der Waals surface area (Å²) in [5.74, 6) is 0.0464. The predicted molar refractivity (Wildman–Crippen MR) is 92.4 cm³/mol. The van der Waals surface area contributed by atoms with Crippen LogP contribution in [-0.4, -0.2) is 26.2 Å². The lowest BCUT2D eigenvalue weighted by molar-refractivity contribution is 0.0299. The summed E-state index contributed by atoms with van der Waals surface area (Å²) in [5.41, 5.74) is 0.574. The first-order valence-corrected chi connectivity index (χ1v) is 7.91. The number of hydrogen-bond donors (Lipinski definition) is 4. The zero-order valence-electron chi connectivity index (χ0n) is 13.5. The van der Waals surface area contributed by atoms with Crippen molar-refractivity contribution in [2.24, 2.45) is 0 Å². The van der Waals surface area contributed by atoms with Gasteiger partial charge in [-0.25, -0.2) is 4.98 Å². The summed E-state index contributed by atoms with van der Waals surface area (Å²) >= 11 is 0. The van der Waals surface area contributed by atoms with Crippen LogP contribution < -0.4 is 5.32 Å². The molecule has 0 saturated heterocycles. The van der Waals surface area contributed by atoms with E-state index < -0.39 is 5.72 Å². The molecule has 4 N–H and O–H groups in total. The Morgan fingerprint density at radius 1 is 1.12 bits per heavy atom. The molecule has 0 fully saturated rings. The van der Waals surface area contributed by atoms with Crippen molar-refractivity contribution in [3.05, 3.63) is 83.9 Å². The molecule has 3 aromatic rings. The monoisotopic (exact) mass is 323 g/mol. The van der Waals surface area contributed by atoms with E-state index in [1.807, 2.05) is 37.3 Å². The van der Waals surface area contributed by atoms with Crippen LogP contribution in [0.4, 0.5) is 0 Å². The van der Waals surface area contributed by atoms with Gasteiger partial charge in [0.2, 0.25) is 0 Å². The maximum atomic E-state index is 11.4. The number of nitrogens with zero attached hydrogens (tertiary/aromatic N) is 1. The topological polar surface area (TPSA) is 81.2 Å². The van der Waals surface area contributed by atoms with E-state index in [0.29, 0.717) is 17.5 Å². The standard InChI is InChI=1S/C19H21N3O2/c1-14(11-16-12-20-13-21-16)22-19(24,15-7-3-2-4-8-15)17-9-5-6-10-18(17)23/h2-10,12-14,22-24H,11H2,1H3,(H,20,21)/t14-,19?/m1/s1. The van der Waals surface area contributed by atoms with Crippen LogP contribution in [0.25, 0.3) is 0 Å². The molecule has 5 heteroatoms. The molecule has 2 atom stereocenters. The summed E-state index contributed by atoms with van der Waals surface area (Å²) in [4.78, 5) is 7.08. The third-order valence-corrected chi connectivity index (χ3v) is 4.02. The summed E-state index contributed by atoms with van der Waals surface area (Å²) in [6.45, 7) is 1.98. The maximum Gasteiger partial charge on any atom is 0.172 e. The van der Waals surface area contributed by atoms with Crippen molar-refractivity contribution in [1.82, 2.24) is 15.3 Å². The highest BCUT2D eigenvalue weighted by molar-refractivity contribution is 5.43. The van der Waals surface area contributed by atoms with Gasteiger partial charge in [-0.1, -0.05) is 48.5 Å². The largest absolute Gasteiger partial charge is 0.507 e. The number of rotatable bonds is 6. The van der Waals surface area contributed by atoms with Crippen LogP contribution in [0.3, 0.4) is 0 Å². The minimum Gasteiger partial charge on any atom is -0.507 e. The summed E-state index contributed by atoms with van der Waals surface area (Å²) < 4.78 is 0. The van der Waals surface area contributed by atoms with Gasteiger partial charge in [0, 0.05) is 35.5 Å². The lowest BCUT2D eigenvalue weighted by Crippen LogP contribution is -2.48. The van der Waals surface area contributed by atoms with Gasteiger partial charge in [-0.15, -0.1) is 0 Å². The normalized spacial score (nSPS) is 14.9. The molecule has 1 aromatic heterocycles. The van der Waals surface area contributed by atoms with Crippen molar-refractivity contribution in [2.45, 2.75) is 25.1 Å². The molecule has 0 aliphatic heterocycles. The Kier molecular flexibility index (Phi) is 4.64. The lowest BCUT2D eigenvalue weighted by atomic mass is 9.92. The first kappa shape index (κ1) is 16.2. The second kappa shape index (κ2) is 6.86. The fourth-order valence-electron chi connectivity index (χ4n) is 2.91. The predicted octanol–water partition coefficient (Wildman–Crippen LogP) is 2.53. The van der Waals surface area contributed by atoms with Gasteiger partial charge in [0.25, 0.3) is 0 Å². The van der Waals surface area contributed by atoms with Crippen LogP contribution in [0.1, 0.15) is 23.7 Å². The number of aromatic hydroxyl groups is 1. The van der Waals surface area contributed by atoms with Gasteiger partial charge in [-0.2, -0.15) is 0 Å². The number of aromatic nitrogens is 2. The summed E-state index contributed by atoms with van der Waals surface area (Å²) in [5, 5.41) is 25.0. The van der Waals surface area contributed by atoms with E-state index in [2.05, 4.69) is 15.3 Å². The molecular weight excluding hydrogens is 302 g/mol. The number of phenolic OH excluding ortho intramolecular Hbond substituents is 1. The molecule has 0 radical (unpaired) electrons. The molecule has 3 rings (SSSR count). The van der Waals surface area contributed by atoms with Crippen LogP contribution >= 0.6 is 0 Å². The molecule has 0 saturated carbocycles. The molecule has 0 amide bonds. The van der Waals surface area contributed by atoms with Crippen molar-refractivity contribution in [3.63, 3.8) is 0 Å². The average molecular weight is 323 g/mol. The quantitative estimate of drug-likeness (QED) is 0.526. The van der Waals surface area contributed by atoms with Crippen LogP contribution in [0.15, 0.2) is 67.1 Å². The molecular formula is C19H21N3O2. The van der Waals surface area contributed by atoms with E-state index in [-0.39, 0.29) is 11.8 Å². The smallest absolute Gasteiger partial charge is 0.172 e. The number of benzene rings is 2. The van der Waals surface area contributed by atoms with Gasteiger partial charge in [0.1, 0.15) is 5.75 Å². The van der Waals surface area contributed by atoms with E-state index in [9.17, 15) is 10.2 Å². The molecule has 0 bridgehead atoms. The zero-order valence-corrected chi connectivity index (χ0v) is 13.5. The van der Waals surface area contributed by atoms with E-state index in [1.54, 1.807) is 36.8 Å². The van der Waals surface area contributed by atoms with Crippen molar-refractivity contribution in [2.75, 3.05) is 0 Å². The lowest BCUT2D eigenvalue weighted by Gasteiger charge is -2.34. The fourth-order valence-corrected chi connectivity index (χ4v) is 2.91. The van der Waals surface area contributed by atoms with Crippen molar-refractivity contribution < 1.29 is 10.2 Å². The average Bonchev–Trinajstić information content (AvgIpc) is 3.08. The van der Waals surface area contributed by atoms with Gasteiger partial charge in [0.15, 0.2) is 5.72 Å². The maximum absolute atomic E-state index is 11.4. The molecule has 1 heterocycles. The zero-order chi connectivity index (χ0) is 17.0. The number of hydrogen-bond acceptors (Lipinski definition) is 4. The van der Waals surface area contributed by atoms with Crippen LogP contribution in [0.5, 0.6) is 5.75 Å². The SMILES string of the molecule is C[C@H](Cc1cnc[nH]1)NC(O)(c1ccccc1)c1ccccc1O. The Balaban J connectivity index is 1.95. The van der Waals surface area contributed by atoms with E-state index in [0.717, 1.165) is 5.69 Å². The highest BCUT2D eigenvalue weighted by atomic mass is 16.3. The molecule has 0 aliphatic carbocycles. The second-order valence-electron chi connectivity index (χ2n) is 5.92. The summed E-state index contributed by atoms with van der Waals surface area (Å²) in [6.07, 6.45) is 4.07. The minimum atomic E-state index is -1.49. The third-order valence-electron chi connectivity index (χ3n) is 4.02. The molecule has 5 nitrogen and oxygen atoms in total. The number of imidazole rings is 1. The van der Waals surface area contributed by atoms with Crippen LogP contribution in [-0.2, 0) is 12.1 Å². The highest BCUT2D eigenvalue weighted by Crippen LogP contribution is 2.33. The number of para-hydroxylation sites is 1. The van der Waals surface area contributed by atoms with Gasteiger partial charge in [-0.3, -0.25) is 5.32 Å². The first-order chi connectivity index (χ1) is 11.6. The van der Waals surface area contributed by atoms with E-state index in [1.165, 1.54) is 0 Å². The molecule has 2 aromatic carbocycles. The molecule has 1 unspecified atom stereocenters. The van der Waals surface area contributed by atoms with Crippen molar-refractivity contribution in [1.29, 1.82) is 0 Å². The van der Waals surface area contributed by atoms with Gasteiger partial charge < -0.3 is 15.2 Å². The fraction of sp³-hybridized carbons (Fsp3) is 0.211. The number of H-pyrrole nitrogens is 1. The number of nitrogens with one attached hydrogen (secondary N) is 2. The van der Waals surface area contributed by atoms with E-state index in [4.69, 9.17) is 0 Å². The first-order valence-electron chi connectivity index (χ1n) is 7.91. The Morgan fingerprint density at radius 2 is 1.83 bits per heavy atom. The Hall–Kier alpha value is -2.63. The second-order valence-corrected chi connectivity index (χ2v) is 5.92. The third kappa shape index (κ3) is 3.32. The number of aliphatic hydroxyl groups is 1. The highest BCUT2D eigenvalue weighted by Gasteiger charge is 2.35. The van der Waals surface area contributed by atoms with Crippen LogP contribution in [0, 0.1) is 0 Å². The Bertz CT molecular complexity index is 774. The van der Waals surface area contributed by atoms with Gasteiger partial charge >= 0.3 is 0 Å². The van der Waals surface area contributed by atoms with Gasteiger partial charge in [-0.05, 0) is 13.0 Å². The minimum absolute atomic E-state index is 0.0464.